The zero-order chi connectivity index (χ0) is 12.5. The lowest BCUT2D eigenvalue weighted by Gasteiger charge is -2.16. The number of rotatable bonds is 3. The summed E-state index contributed by atoms with van der Waals surface area (Å²) in [7, 11) is -2.21. The molecule has 0 bridgehead atoms. The second-order valence-electron chi connectivity index (χ2n) is 3.22. The van der Waals surface area contributed by atoms with Gasteiger partial charge in [0.1, 0.15) is 10.7 Å². The van der Waals surface area contributed by atoms with Crippen LogP contribution in [0.4, 0.5) is 10.1 Å². The van der Waals surface area contributed by atoms with Crippen molar-refractivity contribution in [2.45, 2.75) is 11.8 Å². The maximum absolute atomic E-state index is 13.1. The van der Waals surface area contributed by atoms with Crippen LogP contribution < -0.4 is 5.73 Å². The number of benzene rings is 1. The quantitative estimate of drug-likeness (QED) is 0.866. The van der Waals surface area contributed by atoms with E-state index < -0.39 is 15.8 Å². The number of hydrogen-bond acceptors (Lipinski definition) is 3. The van der Waals surface area contributed by atoms with E-state index in [0.29, 0.717) is 6.54 Å². The summed E-state index contributed by atoms with van der Waals surface area (Å²) in [6.07, 6.45) is 0. The molecule has 0 aliphatic heterocycles. The Bertz CT molecular complexity index is 504. The molecule has 0 radical (unpaired) electrons. The van der Waals surface area contributed by atoms with E-state index in [1.54, 1.807) is 6.92 Å². The van der Waals surface area contributed by atoms with Crippen LogP contribution in [0.5, 0.6) is 0 Å². The number of hydrogen-bond donors (Lipinski definition) is 1. The standard InChI is InChI=1S/C9H12BrFN2O2S/c1-3-13(2)16(14,15)9-4-6(10)7(11)5-8(9)12/h4-5H,3,12H2,1-2H3. The lowest BCUT2D eigenvalue weighted by molar-refractivity contribution is 0.486. The van der Waals surface area contributed by atoms with Crippen LogP contribution in [0.3, 0.4) is 0 Å². The molecule has 0 aromatic heterocycles. The van der Waals surface area contributed by atoms with Crippen molar-refractivity contribution in [3.05, 3.63) is 22.4 Å². The predicted molar refractivity (Wildman–Crippen MR) is 64.0 cm³/mol. The summed E-state index contributed by atoms with van der Waals surface area (Å²) in [5, 5.41) is 0. The zero-order valence-electron chi connectivity index (χ0n) is 8.87. The lowest BCUT2D eigenvalue weighted by atomic mass is 10.3. The van der Waals surface area contributed by atoms with E-state index in [1.807, 2.05) is 0 Å². The molecule has 16 heavy (non-hydrogen) atoms. The van der Waals surface area contributed by atoms with Crippen molar-refractivity contribution in [1.82, 2.24) is 4.31 Å². The minimum atomic E-state index is -3.65. The van der Waals surface area contributed by atoms with Gasteiger partial charge in [0, 0.05) is 13.6 Å². The lowest BCUT2D eigenvalue weighted by Crippen LogP contribution is -2.27. The fraction of sp³-hybridized carbons (Fsp3) is 0.333. The van der Waals surface area contributed by atoms with Gasteiger partial charge in [-0.05, 0) is 28.1 Å². The van der Waals surface area contributed by atoms with Crippen molar-refractivity contribution < 1.29 is 12.8 Å². The molecule has 0 unspecified atom stereocenters. The van der Waals surface area contributed by atoms with Gasteiger partial charge in [-0.2, -0.15) is 0 Å². The third-order valence-electron chi connectivity index (χ3n) is 2.19. The summed E-state index contributed by atoms with van der Waals surface area (Å²) in [6.45, 7) is 2.02. The highest BCUT2D eigenvalue weighted by Crippen LogP contribution is 2.27. The Labute approximate surface area is 102 Å². The van der Waals surface area contributed by atoms with Crippen molar-refractivity contribution in [2.75, 3.05) is 19.3 Å². The molecule has 0 saturated carbocycles. The van der Waals surface area contributed by atoms with Gasteiger partial charge in [0.15, 0.2) is 0 Å². The van der Waals surface area contributed by atoms with Crippen molar-refractivity contribution in [2.24, 2.45) is 0 Å². The molecule has 0 spiro atoms. The van der Waals surface area contributed by atoms with Gasteiger partial charge in [0.25, 0.3) is 0 Å². The average Bonchev–Trinajstić information content (AvgIpc) is 2.21. The summed E-state index contributed by atoms with van der Waals surface area (Å²) in [6, 6.07) is 2.16. The Balaban J connectivity index is 3.40. The number of nitrogens with two attached hydrogens (primary N) is 1. The Kier molecular flexibility index (Phi) is 3.92. The first-order chi connectivity index (χ1) is 7.30. The molecule has 1 aromatic rings. The van der Waals surface area contributed by atoms with Crippen LogP contribution in [0, 0.1) is 5.82 Å². The topological polar surface area (TPSA) is 63.4 Å². The fourth-order valence-corrected chi connectivity index (χ4v) is 2.90. The molecule has 0 heterocycles. The molecule has 0 aliphatic rings. The highest BCUT2D eigenvalue weighted by molar-refractivity contribution is 9.10. The number of anilines is 1. The summed E-state index contributed by atoms with van der Waals surface area (Å²) in [5.74, 6) is -0.587. The van der Waals surface area contributed by atoms with Gasteiger partial charge in [-0.15, -0.1) is 0 Å². The molecular weight excluding hydrogens is 299 g/mol. The minimum absolute atomic E-state index is 0.0739. The van der Waals surface area contributed by atoms with E-state index in [4.69, 9.17) is 5.73 Å². The van der Waals surface area contributed by atoms with Crippen LogP contribution in [0.1, 0.15) is 6.92 Å². The maximum Gasteiger partial charge on any atom is 0.244 e. The second-order valence-corrected chi connectivity index (χ2v) is 6.09. The molecule has 0 amide bonds. The van der Waals surface area contributed by atoms with Gasteiger partial charge in [-0.1, -0.05) is 6.92 Å². The molecule has 0 atom stereocenters. The van der Waals surface area contributed by atoms with E-state index in [9.17, 15) is 12.8 Å². The number of sulfonamides is 1. The highest BCUT2D eigenvalue weighted by atomic mass is 79.9. The third kappa shape index (κ3) is 2.36. The van der Waals surface area contributed by atoms with Crippen LogP contribution in [-0.2, 0) is 10.0 Å². The third-order valence-corrected chi connectivity index (χ3v) is 4.78. The average molecular weight is 311 g/mol. The summed E-state index contributed by atoms with van der Waals surface area (Å²) >= 11 is 2.93. The maximum atomic E-state index is 13.1. The van der Waals surface area contributed by atoms with Crippen molar-refractivity contribution >= 4 is 31.6 Å². The van der Waals surface area contributed by atoms with Gasteiger partial charge < -0.3 is 5.73 Å². The molecule has 7 heteroatoms. The number of halogens is 2. The summed E-state index contributed by atoms with van der Waals surface area (Å²) in [4.78, 5) is -0.0925. The molecule has 2 N–H and O–H groups in total. The van der Waals surface area contributed by atoms with E-state index in [0.717, 1.165) is 10.4 Å². The SMILES string of the molecule is CCN(C)S(=O)(=O)c1cc(Br)c(F)cc1N. The van der Waals surface area contributed by atoms with E-state index in [2.05, 4.69) is 15.9 Å². The predicted octanol–water partition coefficient (Wildman–Crippen LogP) is 1.81. The largest absolute Gasteiger partial charge is 0.398 e. The Morgan fingerprint density at radius 3 is 2.56 bits per heavy atom. The smallest absolute Gasteiger partial charge is 0.244 e. The molecule has 0 fully saturated rings. The monoisotopic (exact) mass is 310 g/mol. The van der Waals surface area contributed by atoms with Crippen LogP contribution in [0.15, 0.2) is 21.5 Å². The highest BCUT2D eigenvalue weighted by Gasteiger charge is 2.23. The second kappa shape index (κ2) is 4.68. The van der Waals surface area contributed by atoms with E-state index >= 15 is 0 Å². The van der Waals surface area contributed by atoms with Crippen molar-refractivity contribution in [1.29, 1.82) is 0 Å². The summed E-state index contributed by atoms with van der Waals surface area (Å²) in [5.41, 5.74) is 5.41. The van der Waals surface area contributed by atoms with E-state index in [1.165, 1.54) is 13.1 Å². The van der Waals surface area contributed by atoms with Crippen LogP contribution in [-0.4, -0.2) is 26.3 Å². The molecule has 0 saturated heterocycles. The van der Waals surface area contributed by atoms with Crippen LogP contribution in [0.25, 0.3) is 0 Å². The zero-order valence-corrected chi connectivity index (χ0v) is 11.3. The normalized spacial score (nSPS) is 12.1. The number of nitrogen functional groups attached to an aromatic ring is 1. The van der Waals surface area contributed by atoms with Crippen LogP contribution in [0.2, 0.25) is 0 Å². The van der Waals surface area contributed by atoms with Gasteiger partial charge in [0.2, 0.25) is 10.0 Å². The molecule has 0 aliphatic carbocycles. The van der Waals surface area contributed by atoms with Crippen molar-refractivity contribution in [3.63, 3.8) is 0 Å². The van der Waals surface area contributed by atoms with Crippen LogP contribution >= 0.6 is 15.9 Å². The van der Waals surface area contributed by atoms with E-state index in [-0.39, 0.29) is 15.1 Å². The number of nitrogens with zero attached hydrogens (tertiary/aromatic N) is 1. The Morgan fingerprint density at radius 1 is 1.50 bits per heavy atom. The van der Waals surface area contributed by atoms with Gasteiger partial charge >= 0.3 is 0 Å². The fourth-order valence-electron chi connectivity index (χ4n) is 1.11. The first kappa shape index (κ1) is 13.4. The molecule has 4 nitrogen and oxygen atoms in total. The van der Waals surface area contributed by atoms with Gasteiger partial charge in [0.05, 0.1) is 10.2 Å². The summed E-state index contributed by atoms with van der Waals surface area (Å²) < 4.78 is 38.2. The minimum Gasteiger partial charge on any atom is -0.398 e. The van der Waals surface area contributed by atoms with Gasteiger partial charge in [-0.25, -0.2) is 17.1 Å². The molecular formula is C9H12BrFN2O2S. The first-order valence-corrected chi connectivity index (χ1v) is 6.74. The molecule has 1 aromatic carbocycles. The van der Waals surface area contributed by atoms with Gasteiger partial charge in [-0.3, -0.25) is 0 Å². The molecule has 90 valence electrons. The Hall–Kier alpha value is -0.660. The molecule has 1 rings (SSSR count). The Morgan fingerprint density at radius 2 is 2.06 bits per heavy atom. The first-order valence-electron chi connectivity index (χ1n) is 4.51. The van der Waals surface area contributed by atoms with Crippen molar-refractivity contribution in [3.8, 4) is 0 Å².